The van der Waals surface area contributed by atoms with Crippen LogP contribution in [-0.4, -0.2) is 36.7 Å². The lowest BCUT2D eigenvalue weighted by Crippen LogP contribution is -2.53. The number of hydrogen-bond donors (Lipinski definition) is 1. The smallest absolute Gasteiger partial charge is 0.410 e. The Morgan fingerprint density at radius 3 is 3.00 bits per heavy atom. The van der Waals surface area contributed by atoms with Crippen molar-refractivity contribution in [2.75, 3.05) is 19.7 Å². The van der Waals surface area contributed by atoms with E-state index in [1.54, 1.807) is 0 Å². The van der Waals surface area contributed by atoms with Crippen molar-refractivity contribution in [3.63, 3.8) is 0 Å². The molecule has 80 valence electrons. The third kappa shape index (κ3) is 1.71. The summed E-state index contributed by atoms with van der Waals surface area (Å²) in [5.41, 5.74) is 5.49. The summed E-state index contributed by atoms with van der Waals surface area (Å²) in [6.07, 6.45) is 4.65. The van der Waals surface area contributed by atoms with Crippen LogP contribution >= 0.6 is 0 Å². The standard InChI is InChI=1S/C10H18N2O2/c11-5-6-12-9-4-2-1-3-8(9)7-14-10(12)13/h8-9H,1-7,11H2. The highest BCUT2D eigenvalue weighted by Crippen LogP contribution is 2.31. The Kier molecular flexibility index (Phi) is 2.91. The fraction of sp³-hybridized carbons (Fsp3) is 0.900. The van der Waals surface area contributed by atoms with Crippen LogP contribution in [0.2, 0.25) is 0 Å². The van der Waals surface area contributed by atoms with E-state index in [0.29, 0.717) is 31.7 Å². The van der Waals surface area contributed by atoms with Crippen LogP contribution in [-0.2, 0) is 4.74 Å². The Morgan fingerprint density at radius 2 is 2.21 bits per heavy atom. The second kappa shape index (κ2) is 4.17. The van der Waals surface area contributed by atoms with E-state index in [-0.39, 0.29) is 6.09 Å². The van der Waals surface area contributed by atoms with E-state index in [4.69, 9.17) is 10.5 Å². The molecule has 4 nitrogen and oxygen atoms in total. The molecule has 1 saturated carbocycles. The van der Waals surface area contributed by atoms with Crippen LogP contribution in [0.1, 0.15) is 25.7 Å². The molecule has 4 heteroatoms. The molecule has 1 saturated heterocycles. The summed E-state index contributed by atoms with van der Waals surface area (Å²) in [7, 11) is 0. The number of nitrogens with two attached hydrogens (primary N) is 1. The number of rotatable bonds is 2. The van der Waals surface area contributed by atoms with Crippen molar-refractivity contribution < 1.29 is 9.53 Å². The first-order valence-corrected chi connectivity index (χ1v) is 5.46. The van der Waals surface area contributed by atoms with E-state index < -0.39 is 0 Å². The first kappa shape index (κ1) is 9.77. The molecule has 0 aromatic heterocycles. The average molecular weight is 198 g/mol. The Balaban J connectivity index is 2.05. The van der Waals surface area contributed by atoms with Crippen molar-refractivity contribution >= 4 is 6.09 Å². The van der Waals surface area contributed by atoms with E-state index in [2.05, 4.69) is 0 Å². The lowest BCUT2D eigenvalue weighted by molar-refractivity contribution is -0.00726. The zero-order valence-corrected chi connectivity index (χ0v) is 8.45. The molecule has 1 aliphatic carbocycles. The normalized spacial score (nSPS) is 32.4. The lowest BCUT2D eigenvalue weighted by Gasteiger charge is -2.42. The van der Waals surface area contributed by atoms with E-state index in [1.807, 2.05) is 4.90 Å². The van der Waals surface area contributed by atoms with Gasteiger partial charge in [-0.2, -0.15) is 0 Å². The van der Waals surface area contributed by atoms with Crippen molar-refractivity contribution in [2.24, 2.45) is 11.7 Å². The molecule has 1 amide bonds. The predicted octanol–water partition coefficient (Wildman–Crippen LogP) is 0.956. The van der Waals surface area contributed by atoms with Crippen LogP contribution in [0.3, 0.4) is 0 Å². The highest BCUT2D eigenvalue weighted by molar-refractivity contribution is 5.69. The van der Waals surface area contributed by atoms with Crippen LogP contribution in [0.4, 0.5) is 4.79 Å². The third-order valence-corrected chi connectivity index (χ3v) is 3.29. The number of ether oxygens (including phenoxy) is 1. The third-order valence-electron chi connectivity index (χ3n) is 3.29. The van der Waals surface area contributed by atoms with Crippen LogP contribution in [0.25, 0.3) is 0 Å². The largest absolute Gasteiger partial charge is 0.449 e. The second-order valence-corrected chi connectivity index (χ2v) is 4.17. The first-order valence-electron chi connectivity index (χ1n) is 5.46. The van der Waals surface area contributed by atoms with Gasteiger partial charge in [-0.3, -0.25) is 0 Å². The second-order valence-electron chi connectivity index (χ2n) is 4.17. The summed E-state index contributed by atoms with van der Waals surface area (Å²) in [5, 5.41) is 0. The fourth-order valence-corrected chi connectivity index (χ4v) is 2.59. The quantitative estimate of drug-likeness (QED) is 0.719. The van der Waals surface area contributed by atoms with Crippen LogP contribution in [0.5, 0.6) is 0 Å². The molecule has 1 heterocycles. The molecule has 2 unspecified atom stereocenters. The monoisotopic (exact) mass is 198 g/mol. The maximum atomic E-state index is 11.5. The fourth-order valence-electron chi connectivity index (χ4n) is 2.59. The van der Waals surface area contributed by atoms with Crippen molar-refractivity contribution in [1.29, 1.82) is 0 Å². The summed E-state index contributed by atoms with van der Waals surface area (Å²) in [5.74, 6) is 0.549. The van der Waals surface area contributed by atoms with E-state index in [9.17, 15) is 4.79 Å². The van der Waals surface area contributed by atoms with Crippen molar-refractivity contribution in [3.8, 4) is 0 Å². The number of hydrogen-bond acceptors (Lipinski definition) is 3. The summed E-state index contributed by atoms with van der Waals surface area (Å²) in [6, 6.07) is 0.397. The van der Waals surface area contributed by atoms with Gasteiger partial charge in [-0.1, -0.05) is 12.8 Å². The van der Waals surface area contributed by atoms with Gasteiger partial charge in [0.25, 0.3) is 0 Å². The molecule has 0 bridgehead atoms. The number of fused-ring (bicyclic) bond motifs is 1. The van der Waals surface area contributed by atoms with Crippen LogP contribution in [0, 0.1) is 5.92 Å². The van der Waals surface area contributed by atoms with Crippen molar-refractivity contribution in [1.82, 2.24) is 4.90 Å². The maximum Gasteiger partial charge on any atom is 0.410 e. The molecular weight excluding hydrogens is 180 g/mol. The molecule has 0 radical (unpaired) electrons. The van der Waals surface area contributed by atoms with E-state index in [0.717, 1.165) is 6.42 Å². The molecule has 2 N–H and O–H groups in total. The van der Waals surface area contributed by atoms with E-state index in [1.165, 1.54) is 19.3 Å². The van der Waals surface area contributed by atoms with Gasteiger partial charge in [-0.05, 0) is 12.8 Å². The lowest BCUT2D eigenvalue weighted by atomic mass is 9.83. The molecule has 2 aliphatic rings. The van der Waals surface area contributed by atoms with Gasteiger partial charge in [0.15, 0.2) is 0 Å². The number of carbonyl (C=O) groups excluding carboxylic acids is 1. The number of nitrogens with zero attached hydrogens (tertiary/aromatic N) is 1. The van der Waals surface area contributed by atoms with Gasteiger partial charge < -0.3 is 15.4 Å². The molecule has 0 aromatic rings. The summed E-state index contributed by atoms with van der Waals surface area (Å²) in [6.45, 7) is 1.78. The topological polar surface area (TPSA) is 55.6 Å². The molecule has 2 fully saturated rings. The molecule has 14 heavy (non-hydrogen) atoms. The summed E-state index contributed by atoms with van der Waals surface area (Å²) in [4.78, 5) is 13.3. The van der Waals surface area contributed by atoms with Crippen LogP contribution in [0.15, 0.2) is 0 Å². The molecular formula is C10H18N2O2. The minimum absolute atomic E-state index is 0.168. The molecule has 2 atom stereocenters. The first-order chi connectivity index (χ1) is 6.83. The Morgan fingerprint density at radius 1 is 1.43 bits per heavy atom. The SMILES string of the molecule is NCCN1C(=O)OCC2CCCCC21. The Bertz CT molecular complexity index is 220. The minimum atomic E-state index is -0.168. The highest BCUT2D eigenvalue weighted by Gasteiger charge is 2.37. The zero-order chi connectivity index (χ0) is 9.97. The van der Waals surface area contributed by atoms with Gasteiger partial charge in [0.05, 0.1) is 6.61 Å². The number of amides is 1. The Hall–Kier alpha value is -0.770. The van der Waals surface area contributed by atoms with Crippen LogP contribution < -0.4 is 5.73 Å². The highest BCUT2D eigenvalue weighted by atomic mass is 16.6. The number of carbonyl (C=O) groups is 1. The maximum absolute atomic E-state index is 11.5. The minimum Gasteiger partial charge on any atom is -0.449 e. The summed E-state index contributed by atoms with van der Waals surface area (Å²) >= 11 is 0. The van der Waals surface area contributed by atoms with Crippen molar-refractivity contribution in [2.45, 2.75) is 31.7 Å². The van der Waals surface area contributed by atoms with E-state index >= 15 is 0 Å². The van der Waals surface area contributed by atoms with Gasteiger partial charge in [0.2, 0.25) is 0 Å². The molecule has 2 rings (SSSR count). The molecule has 0 spiro atoms. The number of cyclic esters (lactones) is 1. The van der Waals surface area contributed by atoms with Gasteiger partial charge >= 0.3 is 6.09 Å². The van der Waals surface area contributed by atoms with Gasteiger partial charge in [0, 0.05) is 25.0 Å². The summed E-state index contributed by atoms with van der Waals surface area (Å²) < 4.78 is 5.14. The van der Waals surface area contributed by atoms with Gasteiger partial charge in [-0.15, -0.1) is 0 Å². The zero-order valence-electron chi connectivity index (χ0n) is 8.45. The Labute approximate surface area is 84.4 Å². The van der Waals surface area contributed by atoms with Gasteiger partial charge in [-0.25, -0.2) is 4.79 Å². The van der Waals surface area contributed by atoms with Crippen molar-refractivity contribution in [3.05, 3.63) is 0 Å². The predicted molar refractivity (Wildman–Crippen MR) is 52.9 cm³/mol. The van der Waals surface area contributed by atoms with Gasteiger partial charge in [0.1, 0.15) is 0 Å². The molecule has 1 aliphatic heterocycles. The molecule has 0 aromatic carbocycles. The average Bonchev–Trinajstić information content (AvgIpc) is 2.23.